The van der Waals surface area contributed by atoms with Gasteiger partial charge in [0, 0.05) is 30.4 Å². The molecule has 8 nitrogen and oxygen atoms in total. The van der Waals surface area contributed by atoms with E-state index in [1.807, 2.05) is 6.92 Å². The summed E-state index contributed by atoms with van der Waals surface area (Å²) in [5.74, 6) is -0.0130. The van der Waals surface area contributed by atoms with Crippen LogP contribution in [-0.2, 0) is 17.5 Å². The molecule has 3 rings (SSSR count). The Labute approximate surface area is 181 Å². The van der Waals surface area contributed by atoms with E-state index in [2.05, 4.69) is 37.0 Å². The lowest BCUT2D eigenvalue weighted by Gasteiger charge is -2.07. The summed E-state index contributed by atoms with van der Waals surface area (Å²) >= 11 is 0. The maximum atomic E-state index is 12.8. The van der Waals surface area contributed by atoms with Crippen molar-refractivity contribution in [1.82, 2.24) is 19.5 Å². The van der Waals surface area contributed by atoms with Gasteiger partial charge in [-0.1, -0.05) is 0 Å². The number of nitrogens with one attached hydrogen (secondary N) is 1. The summed E-state index contributed by atoms with van der Waals surface area (Å²) in [5, 5.41) is 2.66. The van der Waals surface area contributed by atoms with Gasteiger partial charge in [-0.3, -0.25) is 14.8 Å². The summed E-state index contributed by atoms with van der Waals surface area (Å²) < 4.78 is 40.0. The Morgan fingerprint density at radius 2 is 2.06 bits per heavy atom. The number of carbonyl (C=O) groups excluding carboxylic acids is 1. The third-order valence-corrected chi connectivity index (χ3v) is 4.21. The van der Waals surface area contributed by atoms with E-state index in [-0.39, 0.29) is 18.0 Å². The highest BCUT2D eigenvalue weighted by Gasteiger charge is 2.32. The number of hydrogen-bond acceptors (Lipinski definition) is 5. The predicted molar refractivity (Wildman–Crippen MR) is 115 cm³/mol. The number of alkyl halides is 3. The van der Waals surface area contributed by atoms with Crippen LogP contribution in [0.25, 0.3) is 16.8 Å². The third-order valence-electron chi connectivity index (χ3n) is 4.21. The molecule has 1 N–H and O–H groups in total. The summed E-state index contributed by atoms with van der Waals surface area (Å²) in [5.41, 5.74) is 1.21. The topological polar surface area (TPSA) is 97.4 Å². The van der Waals surface area contributed by atoms with Crippen molar-refractivity contribution in [3.63, 3.8) is 0 Å². The smallest absolute Gasteiger partial charge is 0.327 e. The van der Waals surface area contributed by atoms with E-state index in [9.17, 15) is 18.0 Å². The van der Waals surface area contributed by atoms with Crippen LogP contribution >= 0.6 is 0 Å². The third kappa shape index (κ3) is 5.94. The highest BCUT2D eigenvalue weighted by Crippen LogP contribution is 2.30. The first-order valence-corrected chi connectivity index (χ1v) is 9.22. The number of halogens is 3. The van der Waals surface area contributed by atoms with Crippen molar-refractivity contribution in [2.45, 2.75) is 19.6 Å². The van der Waals surface area contributed by atoms with Crippen molar-refractivity contribution in [3.05, 3.63) is 66.6 Å². The Hall–Kier alpha value is -4.15. The molecular weight excluding hydrogens is 423 g/mol. The Kier molecular flexibility index (Phi) is 6.88. The number of aliphatic imine (C=N–C) groups is 2. The number of hydrogen-bond donors (Lipinski definition) is 1. The van der Waals surface area contributed by atoms with Crippen LogP contribution in [0, 0.1) is 0 Å². The molecule has 0 radical (unpaired) electrons. The molecule has 3 heterocycles. The average Bonchev–Trinajstić information content (AvgIpc) is 3.22. The summed E-state index contributed by atoms with van der Waals surface area (Å²) in [4.78, 5) is 31.4. The Balaban J connectivity index is 1.63. The Morgan fingerprint density at radius 1 is 1.25 bits per heavy atom. The average molecular weight is 441 g/mol. The van der Waals surface area contributed by atoms with Gasteiger partial charge in [0.25, 0.3) is 0 Å². The Bertz CT molecular complexity index is 1160. The molecule has 0 aliphatic heterocycles. The zero-order valence-corrected chi connectivity index (χ0v) is 16.9. The lowest BCUT2D eigenvalue weighted by Crippen LogP contribution is -2.18. The summed E-state index contributed by atoms with van der Waals surface area (Å²) in [7, 11) is 0. The van der Waals surface area contributed by atoms with Crippen molar-refractivity contribution in [2.24, 2.45) is 9.98 Å². The highest BCUT2D eigenvalue weighted by atomic mass is 19.4. The molecule has 164 valence electrons. The molecule has 3 aromatic rings. The van der Waals surface area contributed by atoms with Crippen LogP contribution in [0.15, 0.2) is 65.4 Å². The van der Waals surface area contributed by atoms with Crippen molar-refractivity contribution < 1.29 is 18.0 Å². The lowest BCUT2D eigenvalue weighted by atomic mass is 10.1. The molecule has 3 aromatic heterocycles. The number of nitrogens with zero attached hydrogens (tertiary/aromatic N) is 6. The predicted octanol–water partition coefficient (Wildman–Crippen LogP) is 4.09. The van der Waals surface area contributed by atoms with E-state index in [1.165, 1.54) is 29.5 Å². The summed E-state index contributed by atoms with van der Waals surface area (Å²) in [6.07, 6.45) is 3.89. The molecule has 11 heteroatoms. The second-order valence-electron chi connectivity index (χ2n) is 6.60. The second-order valence-corrected chi connectivity index (χ2v) is 6.60. The molecule has 0 atom stereocenters. The molecule has 0 unspecified atom stereocenters. The molecule has 1 amide bonds. The van der Waals surface area contributed by atoms with Gasteiger partial charge in [-0.15, -0.1) is 0 Å². The molecule has 0 bridgehead atoms. The molecule has 0 spiro atoms. The molecule has 0 aromatic carbocycles. The molecule has 0 saturated carbocycles. The summed E-state index contributed by atoms with van der Waals surface area (Å²) in [6, 6.07) is 5.76. The minimum absolute atomic E-state index is 0.0875. The van der Waals surface area contributed by atoms with Gasteiger partial charge in [0.2, 0.25) is 5.91 Å². The summed E-state index contributed by atoms with van der Waals surface area (Å²) in [6.45, 7) is 5.06. The second kappa shape index (κ2) is 9.77. The van der Waals surface area contributed by atoms with E-state index in [1.54, 1.807) is 24.5 Å². The van der Waals surface area contributed by atoms with E-state index in [0.717, 1.165) is 23.4 Å². The van der Waals surface area contributed by atoms with Crippen molar-refractivity contribution >= 4 is 30.4 Å². The Morgan fingerprint density at radius 3 is 2.75 bits per heavy atom. The number of pyridine rings is 2. The fraction of sp³-hybridized carbons (Fsp3) is 0.143. The first-order valence-electron chi connectivity index (χ1n) is 9.22. The van der Waals surface area contributed by atoms with Crippen molar-refractivity contribution in [1.29, 1.82) is 0 Å². The number of aromatic nitrogens is 4. The van der Waals surface area contributed by atoms with Crippen LogP contribution in [-0.4, -0.2) is 38.5 Å². The fourth-order valence-electron chi connectivity index (χ4n) is 2.66. The maximum Gasteiger partial charge on any atom is 0.433 e. The quantitative estimate of drug-likeness (QED) is 0.441. The van der Waals surface area contributed by atoms with Gasteiger partial charge < -0.3 is 9.88 Å². The largest absolute Gasteiger partial charge is 0.433 e. The van der Waals surface area contributed by atoms with Crippen LogP contribution in [0.1, 0.15) is 18.2 Å². The fourth-order valence-corrected chi connectivity index (χ4v) is 2.66. The van der Waals surface area contributed by atoms with Gasteiger partial charge in [-0.05, 0) is 49.0 Å². The van der Waals surface area contributed by atoms with Crippen molar-refractivity contribution in [3.8, 4) is 11.3 Å². The lowest BCUT2D eigenvalue weighted by molar-refractivity contribution is -0.141. The van der Waals surface area contributed by atoms with Gasteiger partial charge >= 0.3 is 6.18 Å². The zero-order chi connectivity index (χ0) is 23.1. The van der Waals surface area contributed by atoms with Gasteiger partial charge in [-0.2, -0.15) is 13.2 Å². The number of anilines is 1. The molecule has 0 saturated heterocycles. The molecule has 32 heavy (non-hydrogen) atoms. The van der Waals surface area contributed by atoms with Gasteiger partial charge in [0.1, 0.15) is 24.4 Å². The van der Waals surface area contributed by atoms with E-state index in [0.29, 0.717) is 11.5 Å². The minimum atomic E-state index is -4.55. The minimum Gasteiger partial charge on any atom is -0.327 e. The van der Waals surface area contributed by atoms with Crippen molar-refractivity contribution in [2.75, 3.05) is 5.32 Å². The first kappa shape index (κ1) is 22.5. The number of rotatable bonds is 7. The van der Waals surface area contributed by atoms with E-state index >= 15 is 0 Å². The van der Waals surface area contributed by atoms with Gasteiger partial charge in [-0.25, -0.2) is 15.0 Å². The van der Waals surface area contributed by atoms with E-state index in [4.69, 9.17) is 0 Å². The maximum absolute atomic E-state index is 12.8. The van der Waals surface area contributed by atoms with Gasteiger partial charge in [0.15, 0.2) is 0 Å². The van der Waals surface area contributed by atoms with Crippen LogP contribution in [0.2, 0.25) is 0 Å². The van der Waals surface area contributed by atoms with Crippen LogP contribution in [0.4, 0.5) is 19.0 Å². The molecule has 0 aliphatic carbocycles. The number of imidazole rings is 1. The molecule has 0 aliphatic rings. The monoisotopic (exact) mass is 441 g/mol. The van der Waals surface area contributed by atoms with E-state index < -0.39 is 11.9 Å². The SMILES string of the molecule is C=NC=N/C=C(\C)c1ccc(NC(=O)Cn2cnc(-c3ccnc(C(F)(F)F)c3)c2)nc1. The molecule has 0 fully saturated rings. The first-order chi connectivity index (χ1) is 15.3. The van der Waals surface area contributed by atoms with Crippen LogP contribution < -0.4 is 5.32 Å². The normalized spacial score (nSPS) is 12.2. The van der Waals surface area contributed by atoms with Gasteiger partial charge in [0.05, 0.1) is 12.0 Å². The number of carbonyl (C=O) groups is 1. The van der Waals surface area contributed by atoms with Crippen LogP contribution in [0.3, 0.4) is 0 Å². The number of allylic oxidation sites excluding steroid dienone is 1. The standard InChI is InChI=1S/C21H18F3N7O/c1-14(8-26-12-25-2)16-3-4-19(28-9-16)30-20(32)11-31-10-17(29-13-31)15-5-6-27-18(7-15)21(22,23)24/h3-10,12-13H,2,11H2,1H3,(H,28,30,32)/b14-8+,26-12?. The zero-order valence-electron chi connectivity index (χ0n) is 16.9. The molecular formula is C21H18F3N7O. The highest BCUT2D eigenvalue weighted by molar-refractivity contribution is 5.89. The number of amides is 1. The van der Waals surface area contributed by atoms with Crippen LogP contribution in [0.5, 0.6) is 0 Å².